The van der Waals surface area contributed by atoms with Crippen molar-refractivity contribution in [3.8, 4) is 0 Å². The zero-order valence-corrected chi connectivity index (χ0v) is 10.8. The van der Waals surface area contributed by atoms with Gasteiger partial charge in [-0.2, -0.15) is 0 Å². The highest BCUT2D eigenvalue weighted by Gasteiger charge is 2.12. The minimum atomic E-state index is -0.195. The van der Waals surface area contributed by atoms with Gasteiger partial charge in [-0.25, -0.2) is 0 Å². The van der Waals surface area contributed by atoms with Crippen LogP contribution in [-0.4, -0.2) is 16.0 Å². The summed E-state index contributed by atoms with van der Waals surface area (Å²) in [6, 6.07) is 14.7. The van der Waals surface area contributed by atoms with Crippen LogP contribution in [0.2, 0.25) is 0 Å². The number of nitrogens with one attached hydrogen (secondary N) is 2. The van der Waals surface area contributed by atoms with Gasteiger partial charge in [0.05, 0.1) is 17.7 Å². The van der Waals surface area contributed by atoms with E-state index in [0.29, 0.717) is 16.8 Å². The Morgan fingerprint density at radius 3 is 2.80 bits per heavy atom. The molecule has 2 aromatic carbocycles. The van der Waals surface area contributed by atoms with Crippen molar-refractivity contribution in [1.29, 1.82) is 0 Å². The third-order valence-electron chi connectivity index (χ3n) is 3.27. The lowest BCUT2D eigenvalue weighted by Crippen LogP contribution is -2.13. The van der Waals surface area contributed by atoms with Crippen molar-refractivity contribution in [2.75, 3.05) is 5.32 Å². The second-order valence-corrected chi connectivity index (χ2v) is 4.52. The summed E-state index contributed by atoms with van der Waals surface area (Å²) < 4.78 is 0. The van der Waals surface area contributed by atoms with E-state index in [1.807, 2.05) is 36.5 Å². The maximum atomic E-state index is 12.4. The van der Waals surface area contributed by atoms with Crippen molar-refractivity contribution >= 4 is 22.5 Å². The number of fused-ring (bicyclic) bond motifs is 1. The van der Waals surface area contributed by atoms with Crippen molar-refractivity contribution in [3.63, 3.8) is 0 Å². The highest BCUT2D eigenvalue weighted by molar-refractivity contribution is 6.12. The van der Waals surface area contributed by atoms with Crippen LogP contribution in [0.15, 0.2) is 54.7 Å². The van der Waals surface area contributed by atoms with Crippen LogP contribution >= 0.6 is 0 Å². The molecule has 20 heavy (non-hydrogen) atoms. The number of hydrogen-bond donors (Lipinski definition) is 3. The molecule has 3 N–H and O–H groups in total. The number of carbonyl (C=O) groups is 1. The Hall–Kier alpha value is -2.59. The fourth-order valence-electron chi connectivity index (χ4n) is 2.24. The molecule has 0 fully saturated rings. The van der Waals surface area contributed by atoms with Crippen LogP contribution in [0.4, 0.5) is 5.69 Å². The average molecular weight is 266 g/mol. The number of aromatic nitrogens is 1. The second kappa shape index (κ2) is 5.19. The fourth-order valence-corrected chi connectivity index (χ4v) is 2.24. The van der Waals surface area contributed by atoms with Gasteiger partial charge in [0.15, 0.2) is 0 Å². The van der Waals surface area contributed by atoms with Crippen molar-refractivity contribution in [2.45, 2.75) is 6.61 Å². The third-order valence-corrected chi connectivity index (χ3v) is 3.27. The van der Waals surface area contributed by atoms with E-state index in [2.05, 4.69) is 10.3 Å². The van der Waals surface area contributed by atoms with Gasteiger partial charge in [-0.3, -0.25) is 4.79 Å². The molecule has 0 aliphatic carbocycles. The van der Waals surface area contributed by atoms with Crippen LogP contribution in [0.1, 0.15) is 15.9 Å². The first-order chi connectivity index (χ1) is 9.79. The van der Waals surface area contributed by atoms with Crippen LogP contribution in [0.25, 0.3) is 10.9 Å². The molecule has 4 heteroatoms. The van der Waals surface area contributed by atoms with Crippen molar-refractivity contribution in [2.24, 2.45) is 0 Å². The number of aliphatic hydroxyl groups is 1. The summed E-state index contributed by atoms with van der Waals surface area (Å²) in [7, 11) is 0. The molecule has 100 valence electrons. The SMILES string of the molecule is O=C(Nc1ccccc1CO)c1cccc2cc[nH]c12. The van der Waals surface area contributed by atoms with Gasteiger partial charge in [0, 0.05) is 22.8 Å². The molecule has 1 heterocycles. The number of anilines is 1. The molecule has 0 radical (unpaired) electrons. The lowest BCUT2D eigenvalue weighted by molar-refractivity contribution is 0.102. The molecule has 0 saturated carbocycles. The predicted octanol–water partition coefficient (Wildman–Crippen LogP) is 2.91. The largest absolute Gasteiger partial charge is 0.392 e. The molecule has 1 amide bonds. The van der Waals surface area contributed by atoms with E-state index in [4.69, 9.17) is 0 Å². The smallest absolute Gasteiger partial charge is 0.257 e. The molecule has 0 saturated heterocycles. The Balaban J connectivity index is 1.95. The molecule has 3 aromatic rings. The quantitative estimate of drug-likeness (QED) is 0.682. The molecule has 0 aliphatic rings. The monoisotopic (exact) mass is 266 g/mol. The Morgan fingerprint density at radius 2 is 1.95 bits per heavy atom. The van der Waals surface area contributed by atoms with E-state index in [1.165, 1.54) is 0 Å². The van der Waals surface area contributed by atoms with Crippen LogP contribution in [-0.2, 0) is 6.61 Å². The van der Waals surface area contributed by atoms with E-state index in [9.17, 15) is 9.90 Å². The Labute approximate surface area is 116 Å². The lowest BCUT2D eigenvalue weighted by Gasteiger charge is -2.09. The molecule has 4 nitrogen and oxygen atoms in total. The number of aliphatic hydroxyl groups excluding tert-OH is 1. The molecule has 0 aliphatic heterocycles. The van der Waals surface area contributed by atoms with Gasteiger partial charge in [0.2, 0.25) is 0 Å². The average Bonchev–Trinajstić information content (AvgIpc) is 2.96. The zero-order valence-electron chi connectivity index (χ0n) is 10.8. The number of benzene rings is 2. The van der Waals surface area contributed by atoms with Gasteiger partial charge in [0.1, 0.15) is 0 Å². The summed E-state index contributed by atoms with van der Waals surface area (Å²) in [5.41, 5.74) is 2.72. The summed E-state index contributed by atoms with van der Waals surface area (Å²) in [5, 5.41) is 13.1. The first-order valence-electron chi connectivity index (χ1n) is 6.36. The number of para-hydroxylation sites is 2. The summed E-state index contributed by atoms with van der Waals surface area (Å²) in [6.45, 7) is -0.108. The lowest BCUT2D eigenvalue weighted by atomic mass is 10.1. The van der Waals surface area contributed by atoms with Gasteiger partial charge in [-0.15, -0.1) is 0 Å². The van der Waals surface area contributed by atoms with E-state index >= 15 is 0 Å². The van der Waals surface area contributed by atoms with Crippen LogP contribution < -0.4 is 5.32 Å². The summed E-state index contributed by atoms with van der Waals surface area (Å²) in [5.74, 6) is -0.195. The maximum absolute atomic E-state index is 12.4. The van der Waals surface area contributed by atoms with Gasteiger partial charge in [-0.1, -0.05) is 30.3 Å². The number of aromatic amines is 1. The predicted molar refractivity (Wildman–Crippen MR) is 78.6 cm³/mol. The standard InChI is InChI=1S/C16H14N2O2/c19-10-12-4-1-2-7-14(12)18-16(20)13-6-3-5-11-8-9-17-15(11)13/h1-9,17,19H,10H2,(H,18,20). The molecule has 0 bridgehead atoms. The molecule has 0 unspecified atom stereocenters. The van der Waals surface area contributed by atoms with Crippen molar-refractivity contribution in [1.82, 2.24) is 4.98 Å². The summed E-state index contributed by atoms with van der Waals surface area (Å²) >= 11 is 0. The topological polar surface area (TPSA) is 65.1 Å². The number of amides is 1. The number of hydrogen-bond acceptors (Lipinski definition) is 2. The summed E-state index contributed by atoms with van der Waals surface area (Å²) in [4.78, 5) is 15.5. The van der Waals surface area contributed by atoms with Crippen molar-refractivity contribution in [3.05, 3.63) is 65.9 Å². The van der Waals surface area contributed by atoms with Gasteiger partial charge >= 0.3 is 0 Å². The Bertz CT molecular complexity index is 762. The van der Waals surface area contributed by atoms with Gasteiger partial charge in [0.25, 0.3) is 5.91 Å². The zero-order chi connectivity index (χ0) is 13.9. The number of H-pyrrole nitrogens is 1. The number of carbonyl (C=O) groups excluding carboxylic acids is 1. The number of rotatable bonds is 3. The second-order valence-electron chi connectivity index (χ2n) is 4.52. The van der Waals surface area contributed by atoms with E-state index in [0.717, 1.165) is 10.9 Å². The van der Waals surface area contributed by atoms with Gasteiger partial charge in [-0.05, 0) is 18.2 Å². The minimum Gasteiger partial charge on any atom is -0.392 e. The van der Waals surface area contributed by atoms with Gasteiger partial charge < -0.3 is 15.4 Å². The Kier molecular flexibility index (Phi) is 3.23. The summed E-state index contributed by atoms with van der Waals surface area (Å²) in [6.07, 6.45) is 1.81. The molecule has 1 aromatic heterocycles. The molecule has 0 spiro atoms. The van der Waals surface area contributed by atoms with Crippen molar-refractivity contribution < 1.29 is 9.90 Å². The first kappa shape index (κ1) is 12.4. The van der Waals surface area contributed by atoms with Crippen LogP contribution in [0.3, 0.4) is 0 Å². The molecule has 0 atom stereocenters. The maximum Gasteiger partial charge on any atom is 0.257 e. The minimum absolute atomic E-state index is 0.108. The van der Waals surface area contributed by atoms with Crippen LogP contribution in [0.5, 0.6) is 0 Å². The van der Waals surface area contributed by atoms with E-state index in [-0.39, 0.29) is 12.5 Å². The molecule has 3 rings (SSSR count). The van der Waals surface area contributed by atoms with E-state index < -0.39 is 0 Å². The fraction of sp³-hybridized carbons (Fsp3) is 0.0625. The first-order valence-corrected chi connectivity index (χ1v) is 6.36. The highest BCUT2D eigenvalue weighted by atomic mass is 16.3. The normalized spacial score (nSPS) is 10.7. The third kappa shape index (κ3) is 2.17. The Morgan fingerprint density at radius 1 is 1.10 bits per heavy atom. The van der Waals surface area contributed by atoms with Crippen LogP contribution in [0, 0.1) is 0 Å². The van der Waals surface area contributed by atoms with E-state index in [1.54, 1.807) is 18.2 Å². The molecular weight excluding hydrogens is 252 g/mol. The highest BCUT2D eigenvalue weighted by Crippen LogP contribution is 2.20. The molecular formula is C16H14N2O2.